The third-order valence-corrected chi connectivity index (χ3v) is 6.60. The van der Waals surface area contributed by atoms with Gasteiger partial charge in [-0.25, -0.2) is 0 Å². The summed E-state index contributed by atoms with van der Waals surface area (Å²) in [5.41, 5.74) is 3.06. The summed E-state index contributed by atoms with van der Waals surface area (Å²) >= 11 is 0. The molecule has 2 N–H and O–H groups in total. The minimum atomic E-state index is -0.158. The maximum Gasteiger partial charge on any atom is 0.272 e. The molecule has 4 rings (SSSR count). The second-order valence-corrected chi connectivity index (χ2v) is 7.87. The Kier molecular flexibility index (Phi) is 4.94. The molecule has 2 saturated heterocycles. The van der Waals surface area contributed by atoms with E-state index in [0.717, 1.165) is 29.7 Å². The summed E-state index contributed by atoms with van der Waals surface area (Å²) in [5.74, 6) is -0.158. The van der Waals surface area contributed by atoms with E-state index in [1.54, 1.807) is 6.08 Å². The summed E-state index contributed by atoms with van der Waals surface area (Å²) in [7, 11) is 2.21. The minimum Gasteiger partial charge on any atom is -0.342 e. The molecule has 2 bridgehead atoms. The first-order valence-electron chi connectivity index (χ1n) is 10.0. The third-order valence-electron chi connectivity index (χ3n) is 6.60. The quantitative estimate of drug-likeness (QED) is 0.795. The summed E-state index contributed by atoms with van der Waals surface area (Å²) in [6, 6.07) is 10.9. The number of allylic oxidation sites excluding steroid dienone is 1. The van der Waals surface area contributed by atoms with Crippen molar-refractivity contribution in [3.63, 3.8) is 0 Å². The smallest absolute Gasteiger partial charge is 0.272 e. The number of hydrogen-bond donors (Lipinski definition) is 2. The van der Waals surface area contributed by atoms with Crippen LogP contribution in [0.15, 0.2) is 43.0 Å². The second kappa shape index (κ2) is 7.40. The molecule has 0 radical (unpaired) electrons. The number of rotatable bonds is 6. The van der Waals surface area contributed by atoms with E-state index in [4.69, 9.17) is 0 Å². The molecule has 2 fully saturated rings. The largest absolute Gasteiger partial charge is 0.342 e. The van der Waals surface area contributed by atoms with E-state index in [9.17, 15) is 4.79 Å². The lowest BCUT2D eigenvalue weighted by Gasteiger charge is -2.40. The van der Waals surface area contributed by atoms with E-state index in [1.165, 1.54) is 12.8 Å². The Morgan fingerprint density at radius 1 is 1.36 bits per heavy atom. The maximum absolute atomic E-state index is 13.3. The molecule has 0 spiro atoms. The number of nitrogens with zero attached hydrogens (tertiary/aromatic N) is 2. The van der Waals surface area contributed by atoms with Gasteiger partial charge in [-0.2, -0.15) is 5.10 Å². The lowest BCUT2D eigenvalue weighted by Crippen LogP contribution is -2.51. The molecule has 28 heavy (non-hydrogen) atoms. The van der Waals surface area contributed by atoms with Crippen molar-refractivity contribution in [2.45, 2.75) is 50.2 Å². The van der Waals surface area contributed by atoms with E-state index < -0.39 is 0 Å². The number of H-pyrrole nitrogens is 1. The van der Waals surface area contributed by atoms with Gasteiger partial charge in [-0.3, -0.25) is 14.8 Å². The highest BCUT2D eigenvalue weighted by Crippen LogP contribution is 2.51. The van der Waals surface area contributed by atoms with Gasteiger partial charge in [0.2, 0.25) is 0 Å². The molecule has 0 aliphatic carbocycles. The molecule has 1 aromatic carbocycles. The number of carbonyl (C=O) groups excluding carboxylic acids is 1. The zero-order valence-electron chi connectivity index (χ0n) is 16.6. The van der Waals surface area contributed by atoms with E-state index in [-0.39, 0.29) is 17.5 Å². The molecular formula is C23H28N4O. The van der Waals surface area contributed by atoms with E-state index >= 15 is 0 Å². The van der Waals surface area contributed by atoms with Crippen LogP contribution in [0, 0.1) is 0 Å². The maximum atomic E-state index is 13.3. The Bertz CT molecular complexity index is 891. The van der Waals surface area contributed by atoms with Gasteiger partial charge in [-0.15, -0.1) is 0 Å². The van der Waals surface area contributed by atoms with Crippen LogP contribution in [-0.4, -0.2) is 39.6 Å². The fraction of sp³-hybridized carbons (Fsp3) is 0.391. The topological polar surface area (TPSA) is 61.0 Å². The Labute approximate surface area is 166 Å². The molecule has 2 aliphatic heterocycles. The van der Waals surface area contributed by atoms with Gasteiger partial charge < -0.3 is 5.32 Å². The zero-order valence-corrected chi connectivity index (χ0v) is 16.6. The highest BCUT2D eigenvalue weighted by Gasteiger charge is 2.54. The number of benzene rings is 1. The van der Waals surface area contributed by atoms with Crippen LogP contribution in [0.2, 0.25) is 0 Å². The van der Waals surface area contributed by atoms with Crippen molar-refractivity contribution in [1.82, 2.24) is 20.4 Å². The lowest BCUT2D eigenvalue weighted by molar-refractivity contribution is 0.0833. The molecule has 1 atom stereocenters. The summed E-state index contributed by atoms with van der Waals surface area (Å²) in [5, 5.41) is 10.6. The lowest BCUT2D eigenvalue weighted by atomic mass is 9.78. The SMILES string of the molecule is C=Cc1c(C(=O)NC(c2ccccc2)C23CCC(CC2)N3C)n[nH]c1/C=C\C. The van der Waals surface area contributed by atoms with Crippen LogP contribution in [0.25, 0.3) is 12.2 Å². The van der Waals surface area contributed by atoms with Gasteiger partial charge in [-0.1, -0.05) is 49.1 Å². The van der Waals surface area contributed by atoms with Crippen molar-refractivity contribution in [3.8, 4) is 0 Å². The first-order chi connectivity index (χ1) is 13.6. The molecule has 1 amide bonds. The number of nitrogens with one attached hydrogen (secondary N) is 2. The number of aromatic amines is 1. The number of carbonyl (C=O) groups is 1. The molecule has 146 valence electrons. The van der Waals surface area contributed by atoms with Crippen LogP contribution in [0.5, 0.6) is 0 Å². The van der Waals surface area contributed by atoms with E-state index in [1.807, 2.05) is 37.3 Å². The molecule has 5 heteroatoms. The summed E-state index contributed by atoms with van der Waals surface area (Å²) in [4.78, 5) is 15.8. The van der Waals surface area contributed by atoms with Gasteiger partial charge in [0.05, 0.1) is 11.7 Å². The average Bonchev–Trinajstić information content (AvgIpc) is 3.38. The number of likely N-dealkylation sites (N-methyl/N-ethyl adjacent to an activating group) is 1. The van der Waals surface area contributed by atoms with Crippen LogP contribution in [0.1, 0.15) is 66.0 Å². The van der Waals surface area contributed by atoms with Gasteiger partial charge in [0.25, 0.3) is 5.91 Å². The van der Waals surface area contributed by atoms with Crippen molar-refractivity contribution in [1.29, 1.82) is 0 Å². The van der Waals surface area contributed by atoms with E-state index in [0.29, 0.717) is 11.7 Å². The molecule has 5 nitrogen and oxygen atoms in total. The summed E-state index contributed by atoms with van der Waals surface area (Å²) in [6.45, 7) is 5.81. The Balaban J connectivity index is 1.69. The van der Waals surface area contributed by atoms with Crippen LogP contribution in [-0.2, 0) is 0 Å². The normalized spacial score (nSPS) is 25.3. The summed E-state index contributed by atoms with van der Waals surface area (Å²) < 4.78 is 0. The van der Waals surface area contributed by atoms with Gasteiger partial charge in [0.1, 0.15) is 0 Å². The molecule has 3 heterocycles. The predicted octanol–water partition coefficient (Wildman–Crippen LogP) is 4.18. The molecule has 1 unspecified atom stereocenters. The molecule has 2 aliphatic rings. The van der Waals surface area contributed by atoms with Crippen molar-refractivity contribution in [2.75, 3.05) is 7.05 Å². The second-order valence-electron chi connectivity index (χ2n) is 7.87. The number of fused-ring (bicyclic) bond motifs is 2. The number of amides is 1. The fourth-order valence-corrected chi connectivity index (χ4v) is 5.11. The Hall–Kier alpha value is -2.66. The molecular weight excluding hydrogens is 348 g/mol. The molecule has 0 saturated carbocycles. The number of hydrogen-bond acceptors (Lipinski definition) is 3. The van der Waals surface area contributed by atoms with Crippen molar-refractivity contribution < 1.29 is 4.79 Å². The van der Waals surface area contributed by atoms with Gasteiger partial charge in [0, 0.05) is 17.1 Å². The predicted molar refractivity (Wildman–Crippen MR) is 113 cm³/mol. The highest BCUT2D eigenvalue weighted by molar-refractivity contribution is 5.97. The van der Waals surface area contributed by atoms with Crippen LogP contribution < -0.4 is 5.32 Å². The van der Waals surface area contributed by atoms with Crippen LogP contribution >= 0.6 is 0 Å². The van der Waals surface area contributed by atoms with Crippen molar-refractivity contribution in [2.24, 2.45) is 0 Å². The average molecular weight is 377 g/mol. The van der Waals surface area contributed by atoms with E-state index in [2.05, 4.69) is 46.2 Å². The Morgan fingerprint density at radius 2 is 2.07 bits per heavy atom. The number of aromatic nitrogens is 2. The minimum absolute atomic E-state index is 0.0293. The first-order valence-corrected chi connectivity index (χ1v) is 10.0. The fourth-order valence-electron chi connectivity index (χ4n) is 5.11. The monoisotopic (exact) mass is 376 g/mol. The molecule has 2 aromatic rings. The van der Waals surface area contributed by atoms with Crippen LogP contribution in [0.4, 0.5) is 0 Å². The van der Waals surface area contributed by atoms with Crippen molar-refractivity contribution >= 4 is 18.1 Å². The van der Waals surface area contributed by atoms with Gasteiger partial charge in [-0.05, 0) is 51.3 Å². The Morgan fingerprint density at radius 3 is 2.64 bits per heavy atom. The molecule has 1 aromatic heterocycles. The first kappa shape index (κ1) is 18.7. The third kappa shape index (κ3) is 2.90. The van der Waals surface area contributed by atoms with Crippen LogP contribution in [0.3, 0.4) is 0 Å². The zero-order chi connectivity index (χ0) is 19.7. The van der Waals surface area contributed by atoms with Gasteiger partial charge >= 0.3 is 0 Å². The van der Waals surface area contributed by atoms with Crippen molar-refractivity contribution in [3.05, 3.63) is 65.5 Å². The highest BCUT2D eigenvalue weighted by atomic mass is 16.2. The van der Waals surface area contributed by atoms with Gasteiger partial charge in [0.15, 0.2) is 5.69 Å². The summed E-state index contributed by atoms with van der Waals surface area (Å²) in [6.07, 6.45) is 10.1. The standard InChI is InChI=1S/C23H28N4O/c1-4-9-19-18(5-2)20(26-25-19)22(28)24-21(16-10-7-6-8-11-16)23-14-12-17(13-15-23)27(23)3/h4-11,17,21H,2,12-15H2,1,3H3,(H,24,28)(H,25,26)/b9-4-.